The minimum Gasteiger partial charge on any atom is -0.497 e. The fourth-order valence-corrected chi connectivity index (χ4v) is 3.09. The van der Waals surface area contributed by atoms with Crippen LogP contribution in [0.1, 0.15) is 33.9 Å². The van der Waals surface area contributed by atoms with Crippen molar-refractivity contribution in [3.63, 3.8) is 0 Å². The summed E-state index contributed by atoms with van der Waals surface area (Å²) in [6.45, 7) is 0. The molecule has 1 unspecified atom stereocenters. The first-order chi connectivity index (χ1) is 11.7. The van der Waals surface area contributed by atoms with Crippen molar-refractivity contribution in [2.24, 2.45) is 0 Å². The van der Waals surface area contributed by atoms with E-state index < -0.39 is 0 Å². The van der Waals surface area contributed by atoms with Gasteiger partial charge in [-0.25, -0.2) is 0 Å². The van der Waals surface area contributed by atoms with Crippen molar-refractivity contribution in [1.29, 1.82) is 0 Å². The highest BCUT2D eigenvalue weighted by Crippen LogP contribution is 2.39. The van der Waals surface area contributed by atoms with Crippen LogP contribution in [0.15, 0.2) is 36.4 Å². The van der Waals surface area contributed by atoms with Gasteiger partial charge >= 0.3 is 0 Å². The van der Waals surface area contributed by atoms with Gasteiger partial charge in [-0.1, -0.05) is 6.07 Å². The molecule has 2 aromatic rings. The van der Waals surface area contributed by atoms with Gasteiger partial charge < -0.3 is 19.5 Å². The Bertz CT molecular complexity index is 757. The molecule has 5 heteroatoms. The quantitative estimate of drug-likeness (QED) is 0.917. The minimum absolute atomic E-state index is 0.0292. The maximum atomic E-state index is 12.5. The van der Waals surface area contributed by atoms with Crippen molar-refractivity contribution in [3.05, 3.63) is 53.1 Å². The van der Waals surface area contributed by atoms with Crippen LogP contribution in [-0.2, 0) is 6.42 Å². The van der Waals surface area contributed by atoms with Crippen LogP contribution in [0.5, 0.6) is 17.2 Å². The monoisotopic (exact) mass is 327 g/mol. The van der Waals surface area contributed by atoms with E-state index in [4.69, 9.17) is 14.2 Å². The first-order valence-corrected chi connectivity index (χ1v) is 7.86. The van der Waals surface area contributed by atoms with Crippen molar-refractivity contribution in [1.82, 2.24) is 5.32 Å². The predicted molar refractivity (Wildman–Crippen MR) is 91.1 cm³/mol. The molecule has 2 aromatic carbocycles. The summed E-state index contributed by atoms with van der Waals surface area (Å²) in [5, 5.41) is 3.10. The van der Waals surface area contributed by atoms with Crippen LogP contribution >= 0.6 is 0 Å². The van der Waals surface area contributed by atoms with Gasteiger partial charge in [0.15, 0.2) is 11.5 Å². The summed E-state index contributed by atoms with van der Waals surface area (Å²) in [6.07, 6.45) is 1.76. The number of nitrogens with one attached hydrogen (secondary N) is 1. The normalized spacial score (nSPS) is 15.5. The fourth-order valence-electron chi connectivity index (χ4n) is 3.09. The highest BCUT2D eigenvalue weighted by Gasteiger charge is 2.26. The third kappa shape index (κ3) is 3.02. The molecule has 3 rings (SSSR count). The Kier molecular flexibility index (Phi) is 4.60. The van der Waals surface area contributed by atoms with Gasteiger partial charge in [0.1, 0.15) is 5.75 Å². The zero-order chi connectivity index (χ0) is 17.1. The Morgan fingerprint density at radius 1 is 1.04 bits per heavy atom. The molecule has 0 saturated carbocycles. The predicted octanol–water partition coefficient (Wildman–Crippen LogP) is 3.13. The largest absolute Gasteiger partial charge is 0.497 e. The van der Waals surface area contributed by atoms with Crippen LogP contribution in [0, 0.1) is 0 Å². The number of benzene rings is 2. The summed E-state index contributed by atoms with van der Waals surface area (Å²) in [5.74, 6) is 1.96. The molecule has 0 heterocycles. The Hall–Kier alpha value is -2.69. The summed E-state index contributed by atoms with van der Waals surface area (Å²) in [5.41, 5.74) is 2.86. The Labute approximate surface area is 141 Å². The molecule has 24 heavy (non-hydrogen) atoms. The van der Waals surface area contributed by atoms with E-state index >= 15 is 0 Å². The van der Waals surface area contributed by atoms with E-state index in [0.29, 0.717) is 17.1 Å². The highest BCUT2D eigenvalue weighted by atomic mass is 16.5. The van der Waals surface area contributed by atoms with Crippen molar-refractivity contribution >= 4 is 5.91 Å². The summed E-state index contributed by atoms with van der Waals surface area (Å²) in [7, 11) is 4.83. The number of aryl methyl sites for hydroxylation is 1. The molecule has 1 aliphatic carbocycles. The lowest BCUT2D eigenvalue weighted by atomic mass is 10.1. The molecule has 1 amide bonds. The number of ether oxygens (including phenoxy) is 3. The van der Waals surface area contributed by atoms with Gasteiger partial charge in [0.2, 0.25) is 0 Å². The molecule has 5 nitrogen and oxygen atoms in total. The van der Waals surface area contributed by atoms with Crippen LogP contribution in [0.3, 0.4) is 0 Å². The van der Waals surface area contributed by atoms with Gasteiger partial charge in [0, 0.05) is 5.56 Å². The molecule has 1 N–H and O–H groups in total. The van der Waals surface area contributed by atoms with Crippen molar-refractivity contribution in [2.45, 2.75) is 18.9 Å². The molecule has 0 saturated heterocycles. The highest BCUT2D eigenvalue weighted by molar-refractivity contribution is 5.94. The second-order valence-electron chi connectivity index (χ2n) is 5.70. The summed E-state index contributed by atoms with van der Waals surface area (Å²) < 4.78 is 15.9. The maximum Gasteiger partial charge on any atom is 0.251 e. The van der Waals surface area contributed by atoms with Gasteiger partial charge in [0.05, 0.1) is 27.4 Å². The number of rotatable bonds is 5. The Balaban J connectivity index is 1.82. The van der Waals surface area contributed by atoms with Crippen molar-refractivity contribution in [3.8, 4) is 17.2 Å². The third-order valence-electron chi connectivity index (χ3n) is 4.36. The number of hydrogen-bond acceptors (Lipinski definition) is 4. The third-order valence-corrected chi connectivity index (χ3v) is 4.36. The van der Waals surface area contributed by atoms with E-state index in [0.717, 1.165) is 24.2 Å². The molecule has 1 aliphatic rings. The minimum atomic E-state index is -0.110. The van der Waals surface area contributed by atoms with Crippen LogP contribution in [0.2, 0.25) is 0 Å². The summed E-state index contributed by atoms with van der Waals surface area (Å²) in [4.78, 5) is 12.5. The molecule has 0 radical (unpaired) electrons. The average molecular weight is 327 g/mol. The molecule has 0 spiro atoms. The van der Waals surface area contributed by atoms with Gasteiger partial charge in [-0.2, -0.15) is 0 Å². The van der Waals surface area contributed by atoms with Crippen LogP contribution in [0.4, 0.5) is 0 Å². The van der Waals surface area contributed by atoms with E-state index in [9.17, 15) is 4.79 Å². The van der Waals surface area contributed by atoms with E-state index in [-0.39, 0.29) is 11.9 Å². The van der Waals surface area contributed by atoms with E-state index in [2.05, 4.69) is 5.32 Å². The Morgan fingerprint density at radius 3 is 2.50 bits per heavy atom. The number of carbonyl (C=O) groups excluding carboxylic acids is 1. The number of methoxy groups -OCH3 is 3. The van der Waals surface area contributed by atoms with Crippen LogP contribution in [0.25, 0.3) is 0 Å². The first-order valence-electron chi connectivity index (χ1n) is 7.86. The van der Waals surface area contributed by atoms with E-state index in [1.807, 2.05) is 24.3 Å². The SMILES string of the molecule is COc1cccc(C(=O)NC2CCc3cc(OC)c(OC)cc32)c1. The first kappa shape index (κ1) is 16.2. The molecular weight excluding hydrogens is 306 g/mol. The summed E-state index contributed by atoms with van der Waals surface area (Å²) >= 11 is 0. The molecular formula is C19H21NO4. The zero-order valence-corrected chi connectivity index (χ0v) is 14.1. The second-order valence-corrected chi connectivity index (χ2v) is 5.70. The molecule has 1 atom stereocenters. The van der Waals surface area contributed by atoms with Crippen molar-refractivity contribution < 1.29 is 19.0 Å². The lowest BCUT2D eigenvalue weighted by molar-refractivity contribution is 0.0936. The van der Waals surface area contributed by atoms with Crippen LogP contribution < -0.4 is 19.5 Å². The fraction of sp³-hybridized carbons (Fsp3) is 0.316. The molecule has 0 aliphatic heterocycles. The smallest absolute Gasteiger partial charge is 0.251 e. The van der Waals surface area contributed by atoms with Gasteiger partial charge in [0.25, 0.3) is 5.91 Å². The molecule has 126 valence electrons. The lowest BCUT2D eigenvalue weighted by Crippen LogP contribution is -2.27. The maximum absolute atomic E-state index is 12.5. The standard InChI is InChI=1S/C19H21NO4/c1-22-14-6-4-5-13(9-14)19(21)20-16-8-7-12-10-17(23-2)18(24-3)11-15(12)16/h4-6,9-11,16H,7-8H2,1-3H3,(H,20,21). The Morgan fingerprint density at radius 2 is 1.79 bits per heavy atom. The molecule has 0 fully saturated rings. The lowest BCUT2D eigenvalue weighted by Gasteiger charge is -2.16. The van der Waals surface area contributed by atoms with Gasteiger partial charge in [-0.15, -0.1) is 0 Å². The number of carbonyl (C=O) groups is 1. The van der Waals surface area contributed by atoms with Crippen molar-refractivity contribution in [2.75, 3.05) is 21.3 Å². The zero-order valence-electron chi connectivity index (χ0n) is 14.1. The van der Waals surface area contributed by atoms with Crippen LogP contribution in [-0.4, -0.2) is 27.2 Å². The average Bonchev–Trinajstić information content (AvgIpc) is 3.02. The van der Waals surface area contributed by atoms with E-state index in [1.54, 1.807) is 33.5 Å². The van der Waals surface area contributed by atoms with Gasteiger partial charge in [-0.3, -0.25) is 4.79 Å². The number of amides is 1. The number of fused-ring (bicyclic) bond motifs is 1. The summed E-state index contributed by atoms with van der Waals surface area (Å²) in [6, 6.07) is 11.1. The number of hydrogen-bond donors (Lipinski definition) is 1. The molecule has 0 bridgehead atoms. The topological polar surface area (TPSA) is 56.8 Å². The molecule has 0 aromatic heterocycles. The second kappa shape index (κ2) is 6.83. The van der Waals surface area contributed by atoms with Gasteiger partial charge in [-0.05, 0) is 54.3 Å². The van der Waals surface area contributed by atoms with E-state index in [1.165, 1.54) is 5.56 Å².